The highest BCUT2D eigenvalue weighted by Crippen LogP contribution is 2.12. The third kappa shape index (κ3) is 2.09. The quantitative estimate of drug-likeness (QED) is 0.599. The molecule has 1 aromatic rings. The smallest absolute Gasteiger partial charge is 0.00485 e. The van der Waals surface area contributed by atoms with Crippen molar-refractivity contribution < 1.29 is 0 Å². The second kappa shape index (κ2) is 3.59. The van der Waals surface area contributed by atoms with Crippen LogP contribution in [0.1, 0.15) is 16.7 Å². The first-order valence-electron chi connectivity index (χ1n) is 3.58. The van der Waals surface area contributed by atoms with Crippen LogP contribution in [0.2, 0.25) is 0 Å². The van der Waals surface area contributed by atoms with Gasteiger partial charge in [-0.05, 0) is 31.1 Å². The Morgan fingerprint density at radius 1 is 1.27 bits per heavy atom. The number of hydrogen-bond acceptors (Lipinski definition) is 0. The van der Waals surface area contributed by atoms with Crippen molar-refractivity contribution in [2.24, 2.45) is 0 Å². The molecule has 0 bridgehead atoms. The second-order valence-electron chi connectivity index (χ2n) is 2.65. The maximum atomic E-state index is 5.47. The molecular formula is C10H11Cl. The monoisotopic (exact) mass is 166 g/mol. The predicted octanol–water partition coefficient (Wildman–Crippen LogP) is 3.51. The molecule has 0 N–H and O–H groups in total. The highest BCUT2D eigenvalue weighted by atomic mass is 35.5. The summed E-state index contributed by atoms with van der Waals surface area (Å²) in [4.78, 5) is 0. The van der Waals surface area contributed by atoms with Gasteiger partial charge in [-0.1, -0.05) is 35.4 Å². The second-order valence-corrected chi connectivity index (χ2v) is 2.90. The molecule has 0 saturated carbocycles. The number of aryl methyl sites for hydroxylation is 2. The van der Waals surface area contributed by atoms with Crippen molar-refractivity contribution in [3.05, 3.63) is 40.4 Å². The lowest BCUT2D eigenvalue weighted by Gasteiger charge is -1.99. The van der Waals surface area contributed by atoms with Gasteiger partial charge in [-0.25, -0.2) is 0 Å². The molecule has 0 amide bonds. The first-order valence-corrected chi connectivity index (χ1v) is 4.01. The van der Waals surface area contributed by atoms with Crippen LogP contribution in [0.15, 0.2) is 23.7 Å². The molecule has 0 aliphatic heterocycles. The Labute approximate surface area is 72.5 Å². The molecule has 0 saturated heterocycles. The predicted molar refractivity (Wildman–Crippen MR) is 50.8 cm³/mol. The van der Waals surface area contributed by atoms with Crippen molar-refractivity contribution in [1.82, 2.24) is 0 Å². The SMILES string of the molecule is Cc1ccc(C=CCl)c(C)c1. The first-order chi connectivity index (χ1) is 5.24. The zero-order valence-corrected chi connectivity index (χ0v) is 7.52. The number of benzene rings is 1. The van der Waals surface area contributed by atoms with E-state index in [1.54, 1.807) is 0 Å². The van der Waals surface area contributed by atoms with Crippen LogP contribution < -0.4 is 0 Å². The summed E-state index contributed by atoms with van der Waals surface area (Å²) in [5.74, 6) is 0. The van der Waals surface area contributed by atoms with E-state index in [1.807, 2.05) is 6.08 Å². The minimum absolute atomic E-state index is 1.19. The number of rotatable bonds is 1. The minimum atomic E-state index is 1.19. The summed E-state index contributed by atoms with van der Waals surface area (Å²) in [7, 11) is 0. The Bertz CT molecular complexity index is 274. The van der Waals surface area contributed by atoms with Gasteiger partial charge in [-0.3, -0.25) is 0 Å². The van der Waals surface area contributed by atoms with E-state index in [9.17, 15) is 0 Å². The van der Waals surface area contributed by atoms with Crippen LogP contribution in [-0.4, -0.2) is 0 Å². The summed E-state index contributed by atoms with van der Waals surface area (Å²) in [5.41, 5.74) is 5.28. The van der Waals surface area contributed by atoms with Gasteiger partial charge in [0.1, 0.15) is 0 Å². The molecule has 0 atom stereocenters. The fourth-order valence-electron chi connectivity index (χ4n) is 1.08. The molecule has 1 heteroatoms. The lowest BCUT2D eigenvalue weighted by atomic mass is 10.1. The van der Waals surface area contributed by atoms with Gasteiger partial charge >= 0.3 is 0 Å². The Hall–Kier alpha value is -0.750. The van der Waals surface area contributed by atoms with Gasteiger partial charge in [0.25, 0.3) is 0 Å². The Morgan fingerprint density at radius 3 is 2.55 bits per heavy atom. The van der Waals surface area contributed by atoms with Gasteiger partial charge in [0.15, 0.2) is 0 Å². The van der Waals surface area contributed by atoms with Crippen LogP contribution in [0, 0.1) is 13.8 Å². The van der Waals surface area contributed by atoms with E-state index in [0.29, 0.717) is 0 Å². The van der Waals surface area contributed by atoms with Crippen molar-refractivity contribution in [3.8, 4) is 0 Å². The van der Waals surface area contributed by atoms with Crippen LogP contribution in [-0.2, 0) is 0 Å². The molecule has 0 aliphatic rings. The topological polar surface area (TPSA) is 0 Å². The molecule has 1 rings (SSSR count). The molecule has 0 aromatic heterocycles. The maximum Gasteiger partial charge on any atom is 0.00485 e. The normalized spacial score (nSPS) is 10.8. The van der Waals surface area contributed by atoms with Crippen molar-refractivity contribution in [2.45, 2.75) is 13.8 Å². The molecule has 1 aromatic carbocycles. The molecule has 0 spiro atoms. The molecule has 0 fully saturated rings. The van der Waals surface area contributed by atoms with Gasteiger partial charge in [-0.15, -0.1) is 0 Å². The van der Waals surface area contributed by atoms with Gasteiger partial charge < -0.3 is 0 Å². The Balaban J connectivity index is 3.09. The van der Waals surface area contributed by atoms with E-state index in [-0.39, 0.29) is 0 Å². The zero-order chi connectivity index (χ0) is 8.27. The van der Waals surface area contributed by atoms with Crippen molar-refractivity contribution >= 4 is 17.7 Å². The highest BCUT2D eigenvalue weighted by molar-refractivity contribution is 6.27. The number of halogens is 1. The van der Waals surface area contributed by atoms with Crippen LogP contribution in [0.3, 0.4) is 0 Å². The molecular weight excluding hydrogens is 156 g/mol. The summed E-state index contributed by atoms with van der Waals surface area (Å²) in [6.45, 7) is 4.17. The summed E-state index contributed by atoms with van der Waals surface area (Å²) in [5, 5.41) is 0. The maximum absolute atomic E-state index is 5.47. The van der Waals surface area contributed by atoms with Gasteiger partial charge in [-0.2, -0.15) is 0 Å². The Morgan fingerprint density at radius 2 is 2.00 bits per heavy atom. The lowest BCUT2D eigenvalue weighted by Crippen LogP contribution is -1.80. The van der Waals surface area contributed by atoms with Crippen LogP contribution in [0.4, 0.5) is 0 Å². The average Bonchev–Trinajstić information content (AvgIpc) is 1.95. The largest absolute Gasteiger partial charge is 0.0929 e. The van der Waals surface area contributed by atoms with Crippen LogP contribution >= 0.6 is 11.6 Å². The molecule has 0 aliphatic carbocycles. The standard InChI is InChI=1S/C10H11Cl/c1-8-3-4-10(5-6-11)9(2)7-8/h3-7H,1-2H3. The summed E-state index contributed by atoms with van der Waals surface area (Å²) < 4.78 is 0. The molecule has 0 heterocycles. The van der Waals surface area contributed by atoms with Crippen LogP contribution in [0.25, 0.3) is 6.08 Å². The van der Waals surface area contributed by atoms with E-state index in [0.717, 1.165) is 0 Å². The Kier molecular flexibility index (Phi) is 2.72. The van der Waals surface area contributed by atoms with Crippen molar-refractivity contribution in [3.63, 3.8) is 0 Å². The molecule has 0 nitrogen and oxygen atoms in total. The third-order valence-electron chi connectivity index (χ3n) is 1.67. The summed E-state index contributed by atoms with van der Waals surface area (Å²) in [6, 6.07) is 6.30. The minimum Gasteiger partial charge on any atom is -0.0929 e. The van der Waals surface area contributed by atoms with E-state index >= 15 is 0 Å². The van der Waals surface area contributed by atoms with Gasteiger partial charge in [0.2, 0.25) is 0 Å². The van der Waals surface area contributed by atoms with Crippen molar-refractivity contribution in [2.75, 3.05) is 0 Å². The fraction of sp³-hybridized carbons (Fsp3) is 0.200. The van der Waals surface area contributed by atoms with Gasteiger partial charge in [0, 0.05) is 5.54 Å². The van der Waals surface area contributed by atoms with E-state index in [4.69, 9.17) is 11.6 Å². The molecule has 0 radical (unpaired) electrons. The van der Waals surface area contributed by atoms with Crippen molar-refractivity contribution in [1.29, 1.82) is 0 Å². The third-order valence-corrected chi connectivity index (χ3v) is 1.79. The number of hydrogen-bond donors (Lipinski definition) is 0. The van der Waals surface area contributed by atoms with Gasteiger partial charge in [0.05, 0.1) is 0 Å². The summed E-state index contributed by atoms with van der Waals surface area (Å²) in [6.07, 6.45) is 1.90. The molecule has 0 unspecified atom stereocenters. The van der Waals surface area contributed by atoms with E-state index in [1.165, 1.54) is 22.2 Å². The lowest BCUT2D eigenvalue weighted by molar-refractivity contribution is 1.37. The fourth-order valence-corrected chi connectivity index (χ4v) is 1.22. The molecule has 11 heavy (non-hydrogen) atoms. The highest BCUT2D eigenvalue weighted by Gasteiger charge is 1.92. The average molecular weight is 167 g/mol. The summed E-state index contributed by atoms with van der Waals surface area (Å²) >= 11 is 5.47. The van der Waals surface area contributed by atoms with Crippen LogP contribution in [0.5, 0.6) is 0 Å². The van der Waals surface area contributed by atoms with E-state index < -0.39 is 0 Å². The zero-order valence-electron chi connectivity index (χ0n) is 6.76. The first kappa shape index (κ1) is 8.35. The molecule has 58 valence electrons. The van der Waals surface area contributed by atoms with E-state index in [2.05, 4.69) is 32.0 Å².